The Balaban J connectivity index is 1.88. The van der Waals surface area contributed by atoms with Crippen LogP contribution in [0.3, 0.4) is 0 Å². The lowest BCUT2D eigenvalue weighted by Crippen LogP contribution is -2.58. The zero-order chi connectivity index (χ0) is 24.8. The number of amides is 1. The summed E-state index contributed by atoms with van der Waals surface area (Å²) in [4.78, 5) is 41.1. The first-order valence-corrected chi connectivity index (χ1v) is 12.8. The Kier molecular flexibility index (Phi) is 6.97. The molecule has 0 aliphatic carbocycles. The zero-order valence-electron chi connectivity index (χ0n) is 19.6. The molecule has 0 aromatic heterocycles. The summed E-state index contributed by atoms with van der Waals surface area (Å²) in [6, 6.07) is 5.85. The van der Waals surface area contributed by atoms with E-state index in [1.165, 1.54) is 14.2 Å². The maximum atomic E-state index is 13.6. The van der Waals surface area contributed by atoms with Gasteiger partial charge in [0.15, 0.2) is 0 Å². The molecule has 10 heteroatoms. The van der Waals surface area contributed by atoms with Gasteiger partial charge in [-0.2, -0.15) is 0 Å². The number of rotatable bonds is 3. The standard InChI is InChI=1S/C24H25NO6S3/c1-12-8-9-13-14(11-12)25(20(26)15-7-6-10-31-15)24(2,3)19(32)16(13)23-33-17(21(27)29-4)18(34-23)22(28)30-5/h8-9,11,15H,6-7,10H2,1-5H3/t15-/m1/s1. The first-order valence-electron chi connectivity index (χ1n) is 10.7. The van der Waals surface area contributed by atoms with E-state index in [1.54, 1.807) is 4.90 Å². The minimum Gasteiger partial charge on any atom is -0.465 e. The molecule has 1 atom stereocenters. The van der Waals surface area contributed by atoms with Crippen LogP contribution in [0.4, 0.5) is 5.69 Å². The fraction of sp³-hybridized carbons (Fsp3) is 0.417. The number of anilines is 1. The van der Waals surface area contributed by atoms with E-state index in [4.69, 9.17) is 26.4 Å². The Morgan fingerprint density at radius 3 is 2.26 bits per heavy atom. The van der Waals surface area contributed by atoms with Gasteiger partial charge in [0, 0.05) is 17.7 Å². The first kappa shape index (κ1) is 25.0. The third-order valence-corrected chi connectivity index (χ3v) is 9.23. The number of hydrogen-bond donors (Lipinski definition) is 0. The van der Waals surface area contributed by atoms with Gasteiger partial charge in [-0.25, -0.2) is 9.59 Å². The van der Waals surface area contributed by atoms with Crippen molar-refractivity contribution in [2.24, 2.45) is 0 Å². The van der Waals surface area contributed by atoms with Crippen molar-refractivity contribution in [2.75, 3.05) is 25.7 Å². The molecule has 1 fully saturated rings. The normalized spacial score (nSPS) is 21.6. The summed E-state index contributed by atoms with van der Waals surface area (Å²) in [5, 5.41) is 0. The van der Waals surface area contributed by atoms with E-state index in [0.29, 0.717) is 22.1 Å². The summed E-state index contributed by atoms with van der Waals surface area (Å²) in [7, 11) is 2.53. The predicted molar refractivity (Wildman–Crippen MR) is 137 cm³/mol. The van der Waals surface area contributed by atoms with Gasteiger partial charge in [0.1, 0.15) is 15.9 Å². The number of benzene rings is 1. The second kappa shape index (κ2) is 9.49. The van der Waals surface area contributed by atoms with E-state index < -0.39 is 23.6 Å². The van der Waals surface area contributed by atoms with Crippen LogP contribution in [0.1, 0.15) is 37.8 Å². The third kappa shape index (κ3) is 4.10. The Morgan fingerprint density at radius 2 is 1.74 bits per heavy atom. The van der Waals surface area contributed by atoms with E-state index in [2.05, 4.69) is 0 Å². The van der Waals surface area contributed by atoms with Gasteiger partial charge in [0.2, 0.25) is 0 Å². The largest absolute Gasteiger partial charge is 0.465 e. The van der Waals surface area contributed by atoms with Crippen LogP contribution in [0, 0.1) is 6.92 Å². The fourth-order valence-electron chi connectivity index (χ4n) is 4.24. The van der Waals surface area contributed by atoms with Crippen molar-refractivity contribution in [1.82, 2.24) is 0 Å². The molecule has 0 radical (unpaired) electrons. The summed E-state index contributed by atoms with van der Waals surface area (Å²) in [6.07, 6.45) is 1.02. The molecule has 1 aromatic carbocycles. The molecule has 34 heavy (non-hydrogen) atoms. The molecule has 1 aromatic rings. The van der Waals surface area contributed by atoms with Crippen molar-refractivity contribution < 1.29 is 28.6 Å². The van der Waals surface area contributed by atoms with Gasteiger partial charge in [-0.05, 0) is 45.2 Å². The molecule has 0 saturated carbocycles. The molecular weight excluding hydrogens is 494 g/mol. The lowest BCUT2D eigenvalue weighted by Gasteiger charge is -2.46. The number of ether oxygens (including phenoxy) is 3. The number of aryl methyl sites for hydroxylation is 1. The first-order chi connectivity index (χ1) is 16.1. The molecule has 0 N–H and O–H groups in total. The number of carbonyl (C=O) groups is 3. The molecular formula is C24H25NO6S3. The molecule has 0 spiro atoms. The summed E-state index contributed by atoms with van der Waals surface area (Å²) in [6.45, 7) is 6.35. The maximum absolute atomic E-state index is 13.6. The van der Waals surface area contributed by atoms with Crippen molar-refractivity contribution in [3.8, 4) is 0 Å². The van der Waals surface area contributed by atoms with E-state index >= 15 is 0 Å². The molecule has 4 rings (SSSR count). The van der Waals surface area contributed by atoms with Gasteiger partial charge >= 0.3 is 11.9 Å². The zero-order valence-corrected chi connectivity index (χ0v) is 22.0. The van der Waals surface area contributed by atoms with Gasteiger partial charge in [-0.3, -0.25) is 9.69 Å². The van der Waals surface area contributed by atoms with E-state index in [1.807, 2.05) is 39.0 Å². The van der Waals surface area contributed by atoms with Crippen LogP contribution in [-0.4, -0.2) is 55.2 Å². The van der Waals surface area contributed by atoms with Gasteiger partial charge in [0.05, 0.1) is 34.5 Å². The van der Waals surface area contributed by atoms with Crippen molar-refractivity contribution in [2.45, 2.75) is 45.3 Å². The third-order valence-electron chi connectivity index (χ3n) is 5.97. The highest BCUT2D eigenvalue weighted by molar-refractivity contribution is 8.29. The highest BCUT2D eigenvalue weighted by Crippen LogP contribution is 2.56. The predicted octanol–water partition coefficient (Wildman–Crippen LogP) is 4.38. The van der Waals surface area contributed by atoms with Crippen LogP contribution in [0.25, 0.3) is 5.57 Å². The van der Waals surface area contributed by atoms with E-state index in [-0.39, 0.29) is 15.7 Å². The van der Waals surface area contributed by atoms with Gasteiger partial charge in [0.25, 0.3) is 5.91 Å². The number of thioether (sulfide) groups is 2. The van der Waals surface area contributed by atoms with Crippen molar-refractivity contribution in [1.29, 1.82) is 0 Å². The molecule has 3 aliphatic heterocycles. The highest BCUT2D eigenvalue weighted by Gasteiger charge is 2.48. The molecule has 1 saturated heterocycles. The van der Waals surface area contributed by atoms with E-state index in [0.717, 1.165) is 52.3 Å². The average Bonchev–Trinajstić information content (AvgIpc) is 3.49. The fourth-order valence-corrected chi connectivity index (χ4v) is 7.27. The Hall–Kier alpha value is -2.14. The van der Waals surface area contributed by atoms with Crippen molar-refractivity contribution in [3.05, 3.63) is 43.4 Å². The summed E-state index contributed by atoms with van der Waals surface area (Å²) >= 11 is 8.26. The number of hydrogen-bond acceptors (Lipinski definition) is 9. The van der Waals surface area contributed by atoms with Crippen LogP contribution in [0.5, 0.6) is 0 Å². The summed E-state index contributed by atoms with van der Waals surface area (Å²) in [5.74, 6) is -1.35. The van der Waals surface area contributed by atoms with Crippen LogP contribution in [0.2, 0.25) is 0 Å². The number of fused-ring (bicyclic) bond motifs is 1. The van der Waals surface area contributed by atoms with Crippen LogP contribution in [0.15, 0.2) is 32.2 Å². The smallest absolute Gasteiger partial charge is 0.346 e. The Bertz CT molecular complexity index is 1130. The lowest BCUT2D eigenvalue weighted by molar-refractivity contribution is -0.138. The van der Waals surface area contributed by atoms with Gasteiger partial charge in [-0.1, -0.05) is 47.9 Å². The SMILES string of the molecule is COC(=O)C1=C(C(=O)OC)SC(=C2C(=S)C(C)(C)N(C(=O)[C@H]3CCCO3)c3cc(C)ccc32)S1. The second-order valence-corrected chi connectivity index (χ2v) is 11.3. The van der Waals surface area contributed by atoms with Crippen LogP contribution < -0.4 is 4.90 Å². The van der Waals surface area contributed by atoms with Gasteiger partial charge < -0.3 is 14.2 Å². The van der Waals surface area contributed by atoms with Crippen LogP contribution in [-0.2, 0) is 28.6 Å². The molecule has 180 valence electrons. The topological polar surface area (TPSA) is 82.1 Å². The molecule has 3 aliphatic rings. The quantitative estimate of drug-likeness (QED) is 0.328. The minimum absolute atomic E-state index is 0.115. The van der Waals surface area contributed by atoms with Crippen molar-refractivity contribution in [3.63, 3.8) is 0 Å². The van der Waals surface area contributed by atoms with Gasteiger partial charge in [-0.15, -0.1) is 0 Å². The Labute approximate surface area is 212 Å². The summed E-state index contributed by atoms with van der Waals surface area (Å²) in [5.41, 5.74) is 2.37. The Morgan fingerprint density at radius 1 is 1.12 bits per heavy atom. The number of carbonyl (C=O) groups excluding carboxylic acids is 3. The number of nitrogens with zero attached hydrogens (tertiary/aromatic N) is 1. The molecule has 1 amide bonds. The molecule has 0 bridgehead atoms. The van der Waals surface area contributed by atoms with Crippen LogP contribution >= 0.6 is 35.7 Å². The highest BCUT2D eigenvalue weighted by atomic mass is 32.2. The molecule has 3 heterocycles. The van der Waals surface area contributed by atoms with Crippen molar-refractivity contribution >= 4 is 69.7 Å². The monoisotopic (exact) mass is 519 g/mol. The minimum atomic E-state index is -0.845. The average molecular weight is 520 g/mol. The number of esters is 2. The second-order valence-electron chi connectivity index (χ2n) is 8.59. The molecule has 7 nitrogen and oxygen atoms in total. The van der Waals surface area contributed by atoms with E-state index in [9.17, 15) is 14.4 Å². The maximum Gasteiger partial charge on any atom is 0.346 e. The number of methoxy groups -OCH3 is 2. The number of thiocarbonyl (C=S) groups is 1. The lowest BCUT2D eigenvalue weighted by atomic mass is 9.82. The molecule has 0 unspecified atom stereocenters. The summed E-state index contributed by atoms with van der Waals surface area (Å²) < 4.78 is 16.2.